The zero-order valence-electron chi connectivity index (χ0n) is 15.0. The van der Waals surface area contributed by atoms with Crippen LogP contribution in [0.4, 0.5) is 30.9 Å². The van der Waals surface area contributed by atoms with Gasteiger partial charge in [0.1, 0.15) is 7.05 Å². The summed E-state index contributed by atoms with van der Waals surface area (Å²) >= 11 is 0. The third-order valence-corrected chi connectivity index (χ3v) is 4.17. The van der Waals surface area contributed by atoms with Gasteiger partial charge in [0.25, 0.3) is 0 Å². The van der Waals surface area contributed by atoms with Crippen molar-refractivity contribution < 1.29 is 29.8 Å². The molecule has 1 nitrogen and oxygen atoms in total. The van der Waals surface area contributed by atoms with Crippen molar-refractivity contribution in [2.45, 2.75) is 19.3 Å². The van der Waals surface area contributed by atoms with E-state index in [4.69, 9.17) is 0 Å². The minimum absolute atomic E-state index is 0.0522. The fourth-order valence-electron chi connectivity index (χ4n) is 3.04. The first-order valence-electron chi connectivity index (χ1n) is 8.06. The summed E-state index contributed by atoms with van der Waals surface area (Å²) in [6.07, 6.45) is 4.44. The minimum atomic E-state index is -10.7. The van der Waals surface area contributed by atoms with Crippen molar-refractivity contribution in [1.29, 1.82) is 0 Å². The molecule has 0 bridgehead atoms. The van der Waals surface area contributed by atoms with Crippen LogP contribution in [0.1, 0.15) is 25.0 Å². The van der Waals surface area contributed by atoms with E-state index >= 15 is 0 Å². The summed E-state index contributed by atoms with van der Waals surface area (Å²) in [6, 6.07) is 19.1. The van der Waals surface area contributed by atoms with Crippen LogP contribution < -0.4 is 0 Å². The molecule has 1 heterocycles. The van der Waals surface area contributed by atoms with Crippen LogP contribution in [0.3, 0.4) is 0 Å². The zero-order chi connectivity index (χ0) is 20.6. The van der Waals surface area contributed by atoms with Crippen molar-refractivity contribution in [3.05, 3.63) is 71.8 Å². The van der Waals surface area contributed by atoms with Gasteiger partial charge in [-0.05, 0) is 25.5 Å². The molecule has 2 aromatic rings. The first-order chi connectivity index (χ1) is 12.1. The second-order valence-electron chi connectivity index (χ2n) is 6.79. The normalized spacial score (nSPS) is 18.4. The molecule has 0 N–H and O–H groups in total. The third kappa shape index (κ3) is 6.51. The van der Waals surface area contributed by atoms with Gasteiger partial charge in [-0.3, -0.25) is 0 Å². The first kappa shape index (κ1) is 21.2. The molecule has 27 heavy (non-hydrogen) atoms. The van der Waals surface area contributed by atoms with Crippen LogP contribution in [0.25, 0.3) is 6.08 Å². The summed E-state index contributed by atoms with van der Waals surface area (Å²) in [5, 5.41) is 0. The van der Waals surface area contributed by atoms with E-state index in [0.29, 0.717) is 0 Å². The molecule has 0 radical (unpaired) electrons. The van der Waals surface area contributed by atoms with Crippen LogP contribution in [0.5, 0.6) is 0 Å². The number of hydrogen-bond acceptors (Lipinski definition) is 0. The van der Waals surface area contributed by atoms with Gasteiger partial charge < -0.3 is 0 Å². The molecule has 1 aliphatic rings. The van der Waals surface area contributed by atoms with Gasteiger partial charge in [0.15, 0.2) is 5.71 Å². The summed E-state index contributed by atoms with van der Waals surface area (Å²) in [5.74, 6) is 0. The Hall–Kier alpha value is -2.14. The Morgan fingerprint density at radius 1 is 0.778 bits per heavy atom. The van der Waals surface area contributed by atoms with Gasteiger partial charge >= 0.3 is 33.0 Å². The van der Waals surface area contributed by atoms with E-state index in [0.717, 1.165) is 0 Å². The molecule has 0 unspecified atom stereocenters. The molecule has 0 fully saturated rings. The van der Waals surface area contributed by atoms with Crippen molar-refractivity contribution in [2.75, 3.05) is 7.05 Å². The Labute approximate surface area is 153 Å². The molecule has 0 spiro atoms. The quantitative estimate of drug-likeness (QED) is 0.272. The van der Waals surface area contributed by atoms with Crippen LogP contribution in [0.2, 0.25) is 0 Å². The molecule has 8 heteroatoms. The van der Waals surface area contributed by atoms with Crippen molar-refractivity contribution in [2.24, 2.45) is 0 Å². The number of allylic oxidation sites excluding steroid dienone is 1. The van der Waals surface area contributed by atoms with E-state index in [-0.39, 0.29) is 5.41 Å². The Kier molecular flexibility index (Phi) is 4.86. The number of nitrogens with zero attached hydrogens (tertiary/aromatic N) is 1. The molecule has 0 aromatic heterocycles. The SMILES string of the molecule is C[N+]1=C(/C=C/c2ccccc2)C(C)(C)c2ccccc21.F[P-](F)(F)(F)(F)F. The van der Waals surface area contributed by atoms with E-state index in [1.807, 2.05) is 6.07 Å². The molecule has 0 saturated carbocycles. The predicted octanol–water partition coefficient (Wildman–Crippen LogP) is 7.79. The van der Waals surface area contributed by atoms with E-state index in [1.165, 1.54) is 22.5 Å². The first-order valence-corrected chi connectivity index (χ1v) is 10.1. The Morgan fingerprint density at radius 2 is 1.26 bits per heavy atom. The molecule has 0 atom stereocenters. The number of para-hydroxylation sites is 1. The van der Waals surface area contributed by atoms with Crippen LogP contribution >= 0.6 is 7.81 Å². The molecular formula is C19H20F6NP. The van der Waals surface area contributed by atoms with Crippen LogP contribution in [0.15, 0.2) is 60.7 Å². The number of fused-ring (bicyclic) bond motifs is 1. The average molecular weight is 407 g/mol. The summed E-state index contributed by atoms with van der Waals surface area (Å²) in [4.78, 5) is 0. The topological polar surface area (TPSA) is 3.01 Å². The van der Waals surface area contributed by atoms with Crippen molar-refractivity contribution in [3.63, 3.8) is 0 Å². The number of rotatable bonds is 2. The molecule has 0 saturated heterocycles. The van der Waals surface area contributed by atoms with Gasteiger partial charge in [0.05, 0.1) is 5.41 Å². The number of benzene rings is 2. The van der Waals surface area contributed by atoms with Crippen molar-refractivity contribution in [3.8, 4) is 0 Å². The predicted molar refractivity (Wildman–Crippen MR) is 99.4 cm³/mol. The van der Waals surface area contributed by atoms with Gasteiger partial charge in [-0.25, -0.2) is 0 Å². The van der Waals surface area contributed by atoms with Crippen LogP contribution in [0, 0.1) is 0 Å². The zero-order valence-corrected chi connectivity index (χ0v) is 15.9. The number of hydrogen-bond donors (Lipinski definition) is 0. The van der Waals surface area contributed by atoms with Gasteiger partial charge in [-0.15, -0.1) is 0 Å². The Bertz CT molecular complexity index is 886. The Morgan fingerprint density at radius 3 is 1.78 bits per heavy atom. The molecule has 3 rings (SSSR count). The van der Waals surface area contributed by atoms with Crippen molar-refractivity contribution >= 4 is 25.3 Å². The fourth-order valence-corrected chi connectivity index (χ4v) is 3.04. The summed E-state index contributed by atoms with van der Waals surface area (Å²) in [5.41, 5.74) is 5.33. The van der Waals surface area contributed by atoms with Crippen molar-refractivity contribution in [1.82, 2.24) is 0 Å². The maximum atomic E-state index is 9.87. The van der Waals surface area contributed by atoms with Gasteiger partial charge in [-0.2, -0.15) is 4.58 Å². The number of halogens is 6. The molecular weight excluding hydrogens is 387 g/mol. The fraction of sp³-hybridized carbons (Fsp3) is 0.211. The Balaban J connectivity index is 0.000000321. The monoisotopic (exact) mass is 407 g/mol. The van der Waals surface area contributed by atoms with Crippen LogP contribution in [-0.4, -0.2) is 17.3 Å². The molecule has 148 valence electrons. The second kappa shape index (κ2) is 6.20. The van der Waals surface area contributed by atoms with Gasteiger partial charge in [0, 0.05) is 17.7 Å². The third-order valence-electron chi connectivity index (χ3n) is 4.17. The molecule has 0 aliphatic carbocycles. The van der Waals surface area contributed by atoms with Crippen LogP contribution in [-0.2, 0) is 5.41 Å². The second-order valence-corrected chi connectivity index (χ2v) is 8.71. The summed E-state index contributed by atoms with van der Waals surface area (Å²) < 4.78 is 61.5. The summed E-state index contributed by atoms with van der Waals surface area (Å²) in [7, 11) is -8.51. The van der Waals surface area contributed by atoms with E-state index in [1.54, 1.807) is 0 Å². The van der Waals surface area contributed by atoms with Gasteiger partial charge in [0.2, 0.25) is 5.69 Å². The average Bonchev–Trinajstić information content (AvgIpc) is 2.71. The van der Waals surface area contributed by atoms with Gasteiger partial charge in [-0.1, -0.05) is 48.5 Å². The molecule has 0 amide bonds. The van der Waals surface area contributed by atoms with E-state index < -0.39 is 7.81 Å². The molecule has 2 aromatic carbocycles. The summed E-state index contributed by atoms with van der Waals surface area (Å²) in [6.45, 7) is 4.58. The maximum absolute atomic E-state index is 10.7. The van der Waals surface area contributed by atoms with E-state index in [2.05, 4.69) is 86.2 Å². The standard InChI is InChI=1S/C19H20N.F6P/c1-19(2)16-11-7-8-12-17(16)20(3)18(19)14-13-15-9-5-4-6-10-15;1-7(2,3,4,5)6/h4-14H,1-3H3;/q+1;-1/b14-13+;. The van der Waals surface area contributed by atoms with E-state index in [9.17, 15) is 25.2 Å². The molecule has 1 aliphatic heterocycles.